The van der Waals surface area contributed by atoms with Gasteiger partial charge in [0.1, 0.15) is 11.6 Å². The maximum Gasteiger partial charge on any atom is 0.278 e. The summed E-state index contributed by atoms with van der Waals surface area (Å²) in [5.74, 6) is 0.0372. The lowest BCUT2D eigenvalue weighted by Crippen LogP contribution is -2.10. The molecule has 0 amide bonds. The van der Waals surface area contributed by atoms with Crippen LogP contribution in [0, 0.1) is 5.82 Å². The smallest absolute Gasteiger partial charge is 0.278 e. The molecular formula is C11H7BrFN5O. The molecule has 3 rings (SSSR count). The maximum atomic E-state index is 13.2. The van der Waals surface area contributed by atoms with Crippen molar-refractivity contribution in [1.29, 1.82) is 0 Å². The van der Waals surface area contributed by atoms with Crippen LogP contribution in [0.2, 0.25) is 0 Å². The zero-order valence-corrected chi connectivity index (χ0v) is 11.0. The standard InChI is InChI=1S/C11H7BrFN5O/c12-5-3-4(1-2-6(5)13)8-15-7-9(16-8)17-11(14)18-10(7)19/h1-3H,(H4,14,15,16,17,18,19). The summed E-state index contributed by atoms with van der Waals surface area (Å²) < 4.78 is 13.5. The Balaban J connectivity index is 2.23. The molecule has 8 heteroatoms. The molecule has 0 radical (unpaired) electrons. The van der Waals surface area contributed by atoms with Gasteiger partial charge in [0.05, 0.1) is 4.47 Å². The third-order valence-electron chi connectivity index (χ3n) is 2.57. The Morgan fingerprint density at radius 3 is 2.79 bits per heavy atom. The van der Waals surface area contributed by atoms with Gasteiger partial charge in [-0.1, -0.05) is 0 Å². The number of rotatable bonds is 1. The van der Waals surface area contributed by atoms with Gasteiger partial charge in [0, 0.05) is 5.56 Å². The van der Waals surface area contributed by atoms with E-state index < -0.39 is 5.56 Å². The Bertz CT molecular complexity index is 841. The first-order chi connectivity index (χ1) is 9.04. The van der Waals surface area contributed by atoms with E-state index in [1.54, 1.807) is 12.1 Å². The van der Waals surface area contributed by atoms with Crippen molar-refractivity contribution in [3.8, 4) is 11.4 Å². The zero-order chi connectivity index (χ0) is 13.6. The van der Waals surface area contributed by atoms with Crippen LogP contribution in [0.15, 0.2) is 27.5 Å². The first-order valence-corrected chi connectivity index (χ1v) is 6.05. The van der Waals surface area contributed by atoms with E-state index >= 15 is 0 Å². The minimum atomic E-state index is -0.401. The molecule has 0 unspecified atom stereocenters. The number of imidazole rings is 1. The quantitative estimate of drug-likeness (QED) is 0.635. The lowest BCUT2D eigenvalue weighted by atomic mass is 10.2. The number of nitrogen functional groups attached to an aromatic ring is 1. The van der Waals surface area contributed by atoms with E-state index in [4.69, 9.17) is 5.73 Å². The molecule has 0 saturated carbocycles. The van der Waals surface area contributed by atoms with E-state index in [9.17, 15) is 9.18 Å². The highest BCUT2D eigenvalue weighted by Crippen LogP contribution is 2.24. The van der Waals surface area contributed by atoms with E-state index in [-0.39, 0.29) is 22.9 Å². The molecule has 0 aliphatic heterocycles. The number of aromatic amines is 2. The highest BCUT2D eigenvalue weighted by Gasteiger charge is 2.11. The molecule has 2 aromatic heterocycles. The van der Waals surface area contributed by atoms with Crippen LogP contribution < -0.4 is 11.3 Å². The monoisotopic (exact) mass is 323 g/mol. The predicted octanol–water partition coefficient (Wildman–Crippen LogP) is 1.80. The SMILES string of the molecule is Nc1nc2nc(-c3ccc(F)c(Br)c3)[nH]c2c(=O)[nH]1. The fourth-order valence-corrected chi connectivity index (χ4v) is 2.08. The van der Waals surface area contributed by atoms with Gasteiger partial charge in [0.15, 0.2) is 11.2 Å². The zero-order valence-electron chi connectivity index (χ0n) is 9.37. The molecule has 19 heavy (non-hydrogen) atoms. The molecule has 2 heterocycles. The van der Waals surface area contributed by atoms with Crippen LogP contribution >= 0.6 is 15.9 Å². The van der Waals surface area contributed by atoms with E-state index in [2.05, 4.69) is 35.9 Å². The molecule has 0 fully saturated rings. The molecule has 0 aliphatic carbocycles. The second-order valence-electron chi connectivity index (χ2n) is 3.86. The molecule has 1 aromatic carbocycles. The highest BCUT2D eigenvalue weighted by atomic mass is 79.9. The van der Waals surface area contributed by atoms with Crippen LogP contribution in [-0.2, 0) is 0 Å². The van der Waals surface area contributed by atoms with Crippen molar-refractivity contribution in [2.75, 3.05) is 5.73 Å². The first kappa shape index (κ1) is 11.8. The summed E-state index contributed by atoms with van der Waals surface area (Å²) in [7, 11) is 0. The lowest BCUT2D eigenvalue weighted by molar-refractivity contribution is 0.621. The number of H-pyrrole nitrogens is 2. The first-order valence-electron chi connectivity index (χ1n) is 5.25. The van der Waals surface area contributed by atoms with Crippen molar-refractivity contribution in [3.63, 3.8) is 0 Å². The third kappa shape index (κ3) is 1.99. The van der Waals surface area contributed by atoms with Gasteiger partial charge in [-0.25, -0.2) is 9.37 Å². The van der Waals surface area contributed by atoms with Crippen molar-refractivity contribution < 1.29 is 4.39 Å². The number of fused-ring (bicyclic) bond motifs is 1. The predicted molar refractivity (Wildman–Crippen MR) is 72.0 cm³/mol. The summed E-state index contributed by atoms with van der Waals surface area (Å²) in [4.78, 5) is 24.9. The van der Waals surface area contributed by atoms with Crippen molar-refractivity contribution in [1.82, 2.24) is 19.9 Å². The Hall–Kier alpha value is -2.22. The fourth-order valence-electron chi connectivity index (χ4n) is 1.70. The van der Waals surface area contributed by atoms with Crippen LogP contribution in [0.5, 0.6) is 0 Å². The normalized spacial score (nSPS) is 11.1. The molecule has 3 aromatic rings. The van der Waals surface area contributed by atoms with E-state index in [1.165, 1.54) is 6.07 Å². The van der Waals surface area contributed by atoms with E-state index in [0.29, 0.717) is 15.9 Å². The minimum absolute atomic E-state index is 0.00385. The molecule has 4 N–H and O–H groups in total. The van der Waals surface area contributed by atoms with Crippen LogP contribution in [0.1, 0.15) is 0 Å². The van der Waals surface area contributed by atoms with Gasteiger partial charge in [-0.2, -0.15) is 4.98 Å². The van der Waals surface area contributed by atoms with Gasteiger partial charge in [-0.3, -0.25) is 9.78 Å². The largest absolute Gasteiger partial charge is 0.369 e. The van der Waals surface area contributed by atoms with Crippen molar-refractivity contribution in [2.45, 2.75) is 0 Å². The Morgan fingerprint density at radius 1 is 1.26 bits per heavy atom. The average Bonchev–Trinajstić information content (AvgIpc) is 2.76. The van der Waals surface area contributed by atoms with E-state index in [0.717, 1.165) is 0 Å². The van der Waals surface area contributed by atoms with Crippen molar-refractivity contribution in [3.05, 3.63) is 38.8 Å². The number of nitrogens with one attached hydrogen (secondary N) is 2. The average molecular weight is 324 g/mol. The van der Waals surface area contributed by atoms with Crippen molar-refractivity contribution >= 4 is 33.0 Å². The molecule has 0 bridgehead atoms. The Labute approximate surface area is 114 Å². The minimum Gasteiger partial charge on any atom is -0.369 e. The fraction of sp³-hybridized carbons (Fsp3) is 0. The van der Waals surface area contributed by atoms with Gasteiger partial charge in [0.25, 0.3) is 5.56 Å². The summed E-state index contributed by atoms with van der Waals surface area (Å²) in [6.45, 7) is 0. The topological polar surface area (TPSA) is 100 Å². The summed E-state index contributed by atoms with van der Waals surface area (Å²) in [6.07, 6.45) is 0. The number of hydrogen-bond donors (Lipinski definition) is 3. The Morgan fingerprint density at radius 2 is 2.05 bits per heavy atom. The van der Waals surface area contributed by atoms with Crippen LogP contribution in [0.25, 0.3) is 22.6 Å². The summed E-state index contributed by atoms with van der Waals surface area (Å²) >= 11 is 3.09. The summed E-state index contributed by atoms with van der Waals surface area (Å²) in [5.41, 5.74) is 6.11. The molecule has 96 valence electrons. The number of halogens is 2. The van der Waals surface area contributed by atoms with Gasteiger partial charge in [-0.05, 0) is 34.1 Å². The van der Waals surface area contributed by atoms with Crippen molar-refractivity contribution in [2.24, 2.45) is 0 Å². The van der Waals surface area contributed by atoms with Crippen LogP contribution in [0.4, 0.5) is 10.3 Å². The molecule has 0 atom stereocenters. The number of benzene rings is 1. The second-order valence-corrected chi connectivity index (χ2v) is 4.72. The third-order valence-corrected chi connectivity index (χ3v) is 3.18. The van der Waals surface area contributed by atoms with Gasteiger partial charge < -0.3 is 10.7 Å². The maximum absolute atomic E-state index is 13.2. The molecular weight excluding hydrogens is 317 g/mol. The van der Waals surface area contributed by atoms with Crippen LogP contribution in [-0.4, -0.2) is 19.9 Å². The molecule has 0 spiro atoms. The molecule has 0 aliphatic rings. The lowest BCUT2D eigenvalue weighted by Gasteiger charge is -1.98. The molecule has 6 nitrogen and oxygen atoms in total. The van der Waals surface area contributed by atoms with E-state index in [1.807, 2.05) is 0 Å². The summed E-state index contributed by atoms with van der Waals surface area (Å²) in [5, 5.41) is 0. The van der Waals surface area contributed by atoms with Gasteiger partial charge in [0.2, 0.25) is 5.95 Å². The molecule has 0 saturated heterocycles. The number of hydrogen-bond acceptors (Lipinski definition) is 4. The number of nitrogens with zero attached hydrogens (tertiary/aromatic N) is 2. The Kier molecular flexibility index (Phi) is 2.59. The van der Waals surface area contributed by atoms with Crippen LogP contribution in [0.3, 0.4) is 0 Å². The van der Waals surface area contributed by atoms with Gasteiger partial charge in [-0.15, -0.1) is 0 Å². The number of anilines is 1. The second kappa shape index (κ2) is 4.16. The number of aromatic nitrogens is 4. The number of nitrogens with two attached hydrogens (primary N) is 1. The summed E-state index contributed by atoms with van der Waals surface area (Å²) in [6, 6.07) is 4.42. The van der Waals surface area contributed by atoms with Gasteiger partial charge >= 0.3 is 0 Å². The highest BCUT2D eigenvalue weighted by molar-refractivity contribution is 9.10.